The van der Waals surface area contributed by atoms with Crippen LogP contribution in [0.15, 0.2) is 12.4 Å². The lowest BCUT2D eigenvalue weighted by atomic mass is 9.88. The van der Waals surface area contributed by atoms with Crippen LogP contribution in [0.3, 0.4) is 0 Å². The van der Waals surface area contributed by atoms with Crippen LogP contribution in [0, 0.1) is 5.92 Å². The summed E-state index contributed by atoms with van der Waals surface area (Å²) < 4.78 is 8.30. The van der Waals surface area contributed by atoms with Gasteiger partial charge in [0.1, 0.15) is 11.4 Å². The monoisotopic (exact) mass is 389 g/mol. The first-order valence-corrected chi connectivity index (χ1v) is 10.5. The normalized spacial score (nSPS) is 24.6. The molecule has 0 bridgehead atoms. The lowest BCUT2D eigenvalue weighted by Gasteiger charge is -2.45. The molecule has 28 heavy (non-hydrogen) atoms. The molecular weight excluding hydrogens is 358 g/mol. The summed E-state index contributed by atoms with van der Waals surface area (Å²) in [5.74, 6) is 1.37. The predicted molar refractivity (Wildman–Crippen MR) is 104 cm³/mol. The van der Waals surface area contributed by atoms with Crippen molar-refractivity contribution in [1.29, 1.82) is 0 Å². The molecule has 1 aromatic heterocycles. The molecule has 1 unspecified atom stereocenters. The Morgan fingerprint density at radius 3 is 2.71 bits per heavy atom. The van der Waals surface area contributed by atoms with Crippen molar-refractivity contribution >= 4 is 11.9 Å². The number of fused-ring (bicyclic) bond motifs is 2. The molecule has 0 radical (unpaired) electrons. The molecule has 2 fully saturated rings. The Labute approximate surface area is 166 Å². The zero-order valence-electron chi connectivity index (χ0n) is 16.7. The van der Waals surface area contributed by atoms with Gasteiger partial charge >= 0.3 is 6.03 Å². The van der Waals surface area contributed by atoms with Gasteiger partial charge in [0, 0.05) is 51.9 Å². The number of imidazole rings is 1. The van der Waals surface area contributed by atoms with Gasteiger partial charge in [-0.05, 0) is 18.8 Å². The maximum Gasteiger partial charge on any atom is 0.317 e. The Morgan fingerprint density at radius 2 is 2.00 bits per heavy atom. The van der Waals surface area contributed by atoms with Crippen LogP contribution >= 0.6 is 0 Å². The third kappa shape index (κ3) is 3.74. The van der Waals surface area contributed by atoms with Gasteiger partial charge in [0.2, 0.25) is 0 Å². The first-order valence-electron chi connectivity index (χ1n) is 10.5. The summed E-state index contributed by atoms with van der Waals surface area (Å²) in [6, 6.07) is 0.0161. The molecule has 1 saturated heterocycles. The first kappa shape index (κ1) is 19.2. The van der Waals surface area contributed by atoms with E-state index in [1.54, 1.807) is 13.2 Å². The largest absolute Gasteiger partial charge is 0.357 e. The molecule has 0 aromatic carbocycles. The van der Waals surface area contributed by atoms with Crippen molar-refractivity contribution in [1.82, 2.24) is 25.1 Å². The number of likely N-dealkylation sites (tertiary alicyclic amines) is 1. The Morgan fingerprint density at radius 1 is 1.25 bits per heavy atom. The number of ether oxygens (including phenoxy) is 1. The fourth-order valence-corrected chi connectivity index (χ4v) is 4.84. The van der Waals surface area contributed by atoms with Gasteiger partial charge in [-0.3, -0.25) is 4.79 Å². The molecule has 3 heterocycles. The minimum atomic E-state index is -0.598. The highest BCUT2D eigenvalue weighted by molar-refractivity contribution is 5.80. The molecule has 8 nitrogen and oxygen atoms in total. The lowest BCUT2D eigenvalue weighted by Crippen LogP contribution is -2.55. The molecule has 1 aromatic rings. The number of hydrogen-bond donors (Lipinski definition) is 2. The average molecular weight is 390 g/mol. The quantitative estimate of drug-likeness (QED) is 0.822. The highest BCUT2D eigenvalue weighted by atomic mass is 16.5. The van der Waals surface area contributed by atoms with Gasteiger partial charge in [0.25, 0.3) is 5.91 Å². The molecule has 4 rings (SSSR count). The minimum absolute atomic E-state index is 0.0161. The number of rotatable bonds is 3. The van der Waals surface area contributed by atoms with Gasteiger partial charge in [-0.15, -0.1) is 0 Å². The van der Waals surface area contributed by atoms with Gasteiger partial charge in [-0.2, -0.15) is 0 Å². The lowest BCUT2D eigenvalue weighted by molar-refractivity contribution is -0.171. The molecular formula is C20H31N5O3. The average Bonchev–Trinajstić information content (AvgIpc) is 3.22. The molecule has 2 aliphatic heterocycles. The second-order valence-electron chi connectivity index (χ2n) is 8.30. The highest BCUT2D eigenvalue weighted by Crippen LogP contribution is 2.40. The summed E-state index contributed by atoms with van der Waals surface area (Å²) in [5, 5.41) is 5.81. The molecule has 154 valence electrons. The fraction of sp³-hybridized carbons (Fsp3) is 0.750. The number of amides is 3. The standard InChI is InChI=1S/C20H31N5O3/c1-21-17(26)16-14-25-12-9-22-18(25)20(28-16)7-10-24(11-8-20)19(27)23-13-15-5-3-2-4-6-15/h9,12,15-16H,2-8,10-11,13-14H2,1H3,(H,21,26)(H,23,27). The zero-order chi connectivity index (χ0) is 19.6. The molecule has 1 saturated carbocycles. The number of piperidine rings is 1. The third-order valence-electron chi connectivity index (χ3n) is 6.52. The number of hydrogen-bond acceptors (Lipinski definition) is 4. The van der Waals surface area contributed by atoms with Gasteiger partial charge in [-0.25, -0.2) is 9.78 Å². The van der Waals surface area contributed by atoms with Gasteiger partial charge in [0.05, 0.1) is 6.54 Å². The molecule has 3 aliphatic rings. The van der Waals surface area contributed by atoms with Crippen LogP contribution in [0.5, 0.6) is 0 Å². The smallest absolute Gasteiger partial charge is 0.317 e. The summed E-state index contributed by atoms with van der Waals surface area (Å²) in [6.45, 7) is 2.45. The van der Waals surface area contributed by atoms with Crippen molar-refractivity contribution in [3.8, 4) is 0 Å². The Bertz CT molecular complexity index is 704. The number of nitrogens with zero attached hydrogens (tertiary/aromatic N) is 3. The summed E-state index contributed by atoms with van der Waals surface area (Å²) in [6.07, 6.45) is 10.8. The highest BCUT2D eigenvalue weighted by Gasteiger charge is 2.47. The van der Waals surface area contributed by atoms with E-state index in [2.05, 4.69) is 15.6 Å². The second kappa shape index (κ2) is 8.11. The topological polar surface area (TPSA) is 88.5 Å². The summed E-state index contributed by atoms with van der Waals surface area (Å²) in [5.41, 5.74) is -0.598. The number of carbonyl (C=O) groups excluding carboxylic acids is 2. The third-order valence-corrected chi connectivity index (χ3v) is 6.52. The van der Waals surface area contributed by atoms with Crippen LogP contribution in [0.1, 0.15) is 50.8 Å². The molecule has 3 amide bonds. The van der Waals surface area contributed by atoms with E-state index in [1.807, 2.05) is 15.7 Å². The SMILES string of the molecule is CNC(=O)C1Cn2ccnc2C2(CCN(C(=O)NCC3CCCCC3)CC2)O1. The van der Waals surface area contributed by atoms with Crippen LogP contribution in [0.25, 0.3) is 0 Å². The molecule has 1 aliphatic carbocycles. The Balaban J connectivity index is 1.37. The number of carbonyl (C=O) groups is 2. The van der Waals surface area contributed by atoms with Gasteiger partial charge in [-0.1, -0.05) is 19.3 Å². The molecule has 1 spiro atoms. The van der Waals surface area contributed by atoms with Crippen molar-refractivity contribution in [2.45, 2.75) is 63.2 Å². The van der Waals surface area contributed by atoms with E-state index in [1.165, 1.54) is 32.1 Å². The van der Waals surface area contributed by atoms with Crippen LogP contribution in [0.4, 0.5) is 4.79 Å². The van der Waals surface area contributed by atoms with Crippen LogP contribution < -0.4 is 10.6 Å². The molecule has 2 N–H and O–H groups in total. The van der Waals surface area contributed by atoms with Gasteiger partial charge < -0.3 is 24.8 Å². The molecule has 1 atom stereocenters. The number of likely N-dealkylation sites (N-methyl/N-ethyl adjacent to an activating group) is 1. The van der Waals surface area contributed by atoms with E-state index in [9.17, 15) is 9.59 Å². The van der Waals surface area contributed by atoms with Crippen molar-refractivity contribution < 1.29 is 14.3 Å². The van der Waals surface area contributed by atoms with Crippen molar-refractivity contribution in [2.75, 3.05) is 26.7 Å². The summed E-state index contributed by atoms with van der Waals surface area (Å²) in [7, 11) is 1.63. The second-order valence-corrected chi connectivity index (χ2v) is 8.30. The van der Waals surface area contributed by atoms with Crippen molar-refractivity contribution in [3.63, 3.8) is 0 Å². The molecule has 8 heteroatoms. The first-order chi connectivity index (χ1) is 13.6. The van der Waals surface area contributed by atoms with Crippen LogP contribution in [-0.2, 0) is 21.7 Å². The van der Waals surface area contributed by atoms with Crippen molar-refractivity contribution in [3.05, 3.63) is 18.2 Å². The van der Waals surface area contributed by atoms with E-state index < -0.39 is 11.7 Å². The maximum absolute atomic E-state index is 12.6. The number of nitrogens with one attached hydrogen (secondary N) is 2. The van der Waals surface area contributed by atoms with E-state index >= 15 is 0 Å². The zero-order valence-corrected chi connectivity index (χ0v) is 16.7. The van der Waals surface area contributed by atoms with Gasteiger partial charge in [0.15, 0.2) is 6.10 Å². The van der Waals surface area contributed by atoms with Crippen molar-refractivity contribution in [2.24, 2.45) is 5.92 Å². The Hall–Kier alpha value is -2.09. The van der Waals surface area contributed by atoms with E-state index in [-0.39, 0.29) is 11.9 Å². The maximum atomic E-state index is 12.6. The minimum Gasteiger partial charge on any atom is -0.357 e. The van der Waals surface area contributed by atoms with Crippen LogP contribution in [0.2, 0.25) is 0 Å². The summed E-state index contributed by atoms with van der Waals surface area (Å²) >= 11 is 0. The predicted octanol–water partition coefficient (Wildman–Crippen LogP) is 1.61. The van der Waals surface area contributed by atoms with E-state index in [0.717, 1.165) is 12.4 Å². The number of urea groups is 1. The Kier molecular flexibility index (Phi) is 5.57. The number of aromatic nitrogens is 2. The van der Waals surface area contributed by atoms with Crippen LogP contribution in [-0.4, -0.2) is 59.2 Å². The van der Waals surface area contributed by atoms with E-state index in [0.29, 0.717) is 38.4 Å². The van der Waals surface area contributed by atoms with E-state index in [4.69, 9.17) is 4.74 Å². The fourth-order valence-electron chi connectivity index (χ4n) is 4.84. The summed E-state index contributed by atoms with van der Waals surface area (Å²) in [4.78, 5) is 31.2.